The van der Waals surface area contributed by atoms with Crippen LogP contribution in [0, 0.1) is 19.8 Å². The van der Waals surface area contributed by atoms with Crippen LogP contribution >= 0.6 is 0 Å². The van der Waals surface area contributed by atoms with Crippen molar-refractivity contribution in [2.24, 2.45) is 5.92 Å². The number of anilines is 1. The third-order valence-electron chi connectivity index (χ3n) is 5.83. The van der Waals surface area contributed by atoms with Crippen LogP contribution in [0.2, 0.25) is 0 Å². The quantitative estimate of drug-likeness (QED) is 0.367. The number of pyridine rings is 2. The number of hydrogen-bond donors (Lipinski definition) is 1. The minimum Gasteiger partial charge on any atom is -0.494 e. The van der Waals surface area contributed by atoms with Crippen molar-refractivity contribution < 1.29 is 4.74 Å². The summed E-state index contributed by atoms with van der Waals surface area (Å²) in [6.45, 7) is 9.43. The van der Waals surface area contributed by atoms with Crippen molar-refractivity contribution in [3.63, 3.8) is 0 Å². The third kappa shape index (κ3) is 4.79. The average Bonchev–Trinajstić information content (AvgIpc) is 2.72. The second kappa shape index (κ2) is 8.93. The highest BCUT2D eigenvalue weighted by Gasteiger charge is 2.10. The Hall–Kier alpha value is -3.14. The summed E-state index contributed by atoms with van der Waals surface area (Å²) in [6, 6.07) is 14.9. The largest absolute Gasteiger partial charge is 0.494 e. The molecule has 4 aromatic rings. The van der Waals surface area contributed by atoms with Gasteiger partial charge in [0.2, 0.25) is 0 Å². The van der Waals surface area contributed by atoms with Gasteiger partial charge in [-0.1, -0.05) is 32.0 Å². The number of aromatic nitrogens is 2. The molecule has 0 radical (unpaired) electrons. The summed E-state index contributed by atoms with van der Waals surface area (Å²) in [5, 5.41) is 2.17. The minimum absolute atomic E-state index is 0.489. The van der Waals surface area contributed by atoms with Gasteiger partial charge in [-0.2, -0.15) is 0 Å². The predicted molar refractivity (Wildman–Crippen MR) is 130 cm³/mol. The van der Waals surface area contributed by atoms with Crippen molar-refractivity contribution in [1.82, 2.24) is 9.97 Å². The molecule has 0 spiro atoms. The summed E-state index contributed by atoms with van der Waals surface area (Å²) in [7, 11) is 0. The zero-order valence-electron chi connectivity index (χ0n) is 18.9. The van der Waals surface area contributed by atoms with Crippen LogP contribution in [0.5, 0.6) is 5.75 Å². The zero-order chi connectivity index (χ0) is 22.0. The fraction of sp³-hybridized carbons (Fsp3) is 0.333. The van der Waals surface area contributed by atoms with Crippen LogP contribution in [0.4, 0.5) is 5.82 Å². The second-order valence-electron chi connectivity index (χ2n) is 8.88. The topological polar surface area (TPSA) is 61.0 Å². The molecule has 160 valence electrons. The number of ether oxygens (including phenoxy) is 1. The summed E-state index contributed by atoms with van der Waals surface area (Å²) in [4.78, 5) is 9.18. The highest BCUT2D eigenvalue weighted by Crippen LogP contribution is 2.28. The number of benzene rings is 2. The lowest BCUT2D eigenvalue weighted by atomic mass is 9.99. The lowest BCUT2D eigenvalue weighted by Gasteiger charge is -2.12. The van der Waals surface area contributed by atoms with Crippen LogP contribution < -0.4 is 10.5 Å². The lowest BCUT2D eigenvalue weighted by Crippen LogP contribution is -2.02. The van der Waals surface area contributed by atoms with Crippen LogP contribution in [0.3, 0.4) is 0 Å². The second-order valence-corrected chi connectivity index (χ2v) is 8.88. The molecular weight excluding hydrogens is 382 g/mol. The number of fused-ring (bicyclic) bond motifs is 3. The molecule has 2 aromatic carbocycles. The first-order valence-corrected chi connectivity index (χ1v) is 11.1. The van der Waals surface area contributed by atoms with E-state index in [-0.39, 0.29) is 0 Å². The molecule has 2 heterocycles. The SMILES string of the molecule is Cc1ccc2c(c1)nc(N)c1ncc(CCc3ccc(OCCC(C)C)cc3C)cc12. The zero-order valence-corrected chi connectivity index (χ0v) is 18.9. The Balaban J connectivity index is 1.53. The maximum absolute atomic E-state index is 6.19. The standard InChI is InChI=1S/C27H31N3O/c1-17(2)11-12-31-22-9-8-21(19(4)14-22)7-6-20-15-24-23-10-5-18(3)13-25(23)30-27(28)26(24)29-16-20/h5,8-10,13-17H,6-7,11-12H2,1-4H3,(H2,28,30). The molecule has 0 saturated carbocycles. The predicted octanol–water partition coefficient (Wildman–Crippen LogP) is 6.19. The summed E-state index contributed by atoms with van der Waals surface area (Å²) >= 11 is 0. The molecule has 0 aliphatic rings. The number of nitrogens with two attached hydrogens (primary N) is 1. The smallest absolute Gasteiger partial charge is 0.150 e. The summed E-state index contributed by atoms with van der Waals surface area (Å²) in [6.07, 6.45) is 4.89. The van der Waals surface area contributed by atoms with E-state index in [4.69, 9.17) is 10.5 Å². The third-order valence-corrected chi connectivity index (χ3v) is 5.83. The first-order valence-electron chi connectivity index (χ1n) is 11.1. The van der Waals surface area contributed by atoms with Gasteiger partial charge >= 0.3 is 0 Å². The molecule has 4 nitrogen and oxygen atoms in total. The van der Waals surface area contributed by atoms with Crippen molar-refractivity contribution in [2.45, 2.75) is 47.0 Å². The minimum atomic E-state index is 0.489. The average molecular weight is 414 g/mol. The van der Waals surface area contributed by atoms with E-state index in [2.05, 4.69) is 80.1 Å². The summed E-state index contributed by atoms with van der Waals surface area (Å²) < 4.78 is 5.90. The van der Waals surface area contributed by atoms with E-state index in [1.54, 1.807) is 0 Å². The van der Waals surface area contributed by atoms with Crippen molar-refractivity contribution in [3.8, 4) is 5.75 Å². The van der Waals surface area contributed by atoms with Gasteiger partial charge in [-0.25, -0.2) is 4.98 Å². The van der Waals surface area contributed by atoms with E-state index < -0.39 is 0 Å². The number of aryl methyl sites for hydroxylation is 4. The molecule has 0 fully saturated rings. The van der Waals surface area contributed by atoms with Gasteiger partial charge in [-0.15, -0.1) is 0 Å². The van der Waals surface area contributed by atoms with Gasteiger partial charge in [0.25, 0.3) is 0 Å². The van der Waals surface area contributed by atoms with Crippen molar-refractivity contribution in [2.75, 3.05) is 12.3 Å². The number of nitrogens with zero attached hydrogens (tertiary/aromatic N) is 2. The van der Waals surface area contributed by atoms with E-state index in [1.165, 1.54) is 22.3 Å². The van der Waals surface area contributed by atoms with Crippen molar-refractivity contribution in [3.05, 3.63) is 70.9 Å². The Morgan fingerprint density at radius 1 is 0.968 bits per heavy atom. The van der Waals surface area contributed by atoms with Crippen LogP contribution in [0.25, 0.3) is 21.8 Å². The number of nitrogen functional groups attached to an aromatic ring is 1. The molecule has 0 saturated heterocycles. The van der Waals surface area contributed by atoms with Crippen molar-refractivity contribution >= 4 is 27.6 Å². The molecule has 4 heteroatoms. The fourth-order valence-electron chi connectivity index (χ4n) is 3.93. The molecule has 4 rings (SSSR count). The normalized spacial score (nSPS) is 11.5. The first-order chi connectivity index (χ1) is 14.9. The monoisotopic (exact) mass is 413 g/mol. The molecule has 0 unspecified atom stereocenters. The molecule has 0 bridgehead atoms. The van der Waals surface area contributed by atoms with Crippen LogP contribution in [0.1, 0.15) is 42.5 Å². The van der Waals surface area contributed by atoms with Gasteiger partial charge in [0, 0.05) is 17.0 Å². The number of rotatable bonds is 7. The van der Waals surface area contributed by atoms with Gasteiger partial charge in [0.15, 0.2) is 5.82 Å². The van der Waals surface area contributed by atoms with E-state index in [0.29, 0.717) is 11.7 Å². The Morgan fingerprint density at radius 2 is 1.81 bits per heavy atom. The summed E-state index contributed by atoms with van der Waals surface area (Å²) in [5.74, 6) is 2.10. The molecule has 0 amide bonds. The van der Waals surface area contributed by atoms with Crippen LogP contribution in [0.15, 0.2) is 48.7 Å². The highest BCUT2D eigenvalue weighted by atomic mass is 16.5. The van der Waals surface area contributed by atoms with Gasteiger partial charge < -0.3 is 10.5 Å². The van der Waals surface area contributed by atoms with E-state index in [0.717, 1.165) is 53.4 Å². The van der Waals surface area contributed by atoms with Gasteiger partial charge in [-0.3, -0.25) is 4.98 Å². The number of hydrogen-bond acceptors (Lipinski definition) is 4. The first kappa shape index (κ1) is 21.1. The summed E-state index contributed by atoms with van der Waals surface area (Å²) in [5.41, 5.74) is 12.9. The molecular formula is C27H31N3O. The van der Waals surface area contributed by atoms with Gasteiger partial charge in [0.1, 0.15) is 11.3 Å². The van der Waals surface area contributed by atoms with Gasteiger partial charge in [0.05, 0.1) is 12.1 Å². The maximum atomic E-state index is 6.19. The molecule has 0 aliphatic heterocycles. The highest BCUT2D eigenvalue weighted by molar-refractivity contribution is 6.08. The maximum Gasteiger partial charge on any atom is 0.150 e. The van der Waals surface area contributed by atoms with E-state index in [9.17, 15) is 0 Å². The molecule has 0 atom stereocenters. The van der Waals surface area contributed by atoms with E-state index >= 15 is 0 Å². The Bertz CT molecular complexity index is 1230. The molecule has 31 heavy (non-hydrogen) atoms. The van der Waals surface area contributed by atoms with Crippen LogP contribution in [-0.2, 0) is 12.8 Å². The Labute approximate surface area is 184 Å². The van der Waals surface area contributed by atoms with Crippen LogP contribution in [-0.4, -0.2) is 16.6 Å². The van der Waals surface area contributed by atoms with Gasteiger partial charge in [-0.05, 0) is 85.5 Å². The Kier molecular flexibility index (Phi) is 6.08. The van der Waals surface area contributed by atoms with Crippen molar-refractivity contribution in [1.29, 1.82) is 0 Å². The molecule has 2 aromatic heterocycles. The molecule has 0 aliphatic carbocycles. The van der Waals surface area contributed by atoms with E-state index in [1.807, 2.05) is 6.20 Å². The molecule has 2 N–H and O–H groups in total. The fourth-order valence-corrected chi connectivity index (χ4v) is 3.93. The Morgan fingerprint density at radius 3 is 2.58 bits per heavy atom. The lowest BCUT2D eigenvalue weighted by molar-refractivity contribution is 0.289.